The van der Waals surface area contributed by atoms with E-state index in [1.165, 1.54) is 19.3 Å². The van der Waals surface area contributed by atoms with E-state index in [-0.39, 0.29) is 0 Å². The summed E-state index contributed by atoms with van der Waals surface area (Å²) in [5, 5.41) is 0. The molecule has 0 aromatic carbocycles. The molecule has 0 fully saturated rings. The Labute approximate surface area is 62.6 Å². The van der Waals surface area contributed by atoms with Gasteiger partial charge in [0.05, 0.1) is 0 Å². The Bertz CT molecular complexity index is 186. The number of rotatable bonds is 0. The summed E-state index contributed by atoms with van der Waals surface area (Å²) < 4.78 is 0. The van der Waals surface area contributed by atoms with Crippen molar-refractivity contribution in [3.63, 3.8) is 0 Å². The van der Waals surface area contributed by atoms with Gasteiger partial charge in [-0.3, -0.25) is 0 Å². The number of hydrogen-bond acceptors (Lipinski definition) is 0. The van der Waals surface area contributed by atoms with E-state index in [0.29, 0.717) is 0 Å². The first-order valence-electron chi connectivity index (χ1n) is 4.22. The topological polar surface area (TPSA) is 0 Å². The van der Waals surface area contributed by atoms with E-state index >= 15 is 0 Å². The molecule has 0 N–H and O–H groups in total. The summed E-state index contributed by atoms with van der Waals surface area (Å²) in [6, 6.07) is 0. The van der Waals surface area contributed by atoms with E-state index in [1.54, 1.807) is 5.57 Å². The Morgan fingerprint density at radius 2 is 2.20 bits per heavy atom. The van der Waals surface area contributed by atoms with Crippen molar-refractivity contribution in [1.82, 2.24) is 0 Å². The molecule has 2 atom stereocenters. The molecule has 0 heteroatoms. The van der Waals surface area contributed by atoms with Gasteiger partial charge in [-0.2, -0.15) is 0 Å². The van der Waals surface area contributed by atoms with Gasteiger partial charge in [-0.25, -0.2) is 0 Å². The molecule has 0 aromatic rings. The molecule has 0 aliphatic heterocycles. The second-order valence-corrected chi connectivity index (χ2v) is 3.51. The maximum Gasteiger partial charge on any atom is -0.0136 e. The molecule has 54 valence electrons. The van der Waals surface area contributed by atoms with Crippen LogP contribution in [0, 0.1) is 11.8 Å². The van der Waals surface area contributed by atoms with Crippen LogP contribution < -0.4 is 0 Å². The summed E-state index contributed by atoms with van der Waals surface area (Å²) in [6.45, 7) is 2.37. The molecule has 0 heterocycles. The van der Waals surface area contributed by atoms with Crippen LogP contribution >= 0.6 is 0 Å². The van der Waals surface area contributed by atoms with E-state index in [4.69, 9.17) is 0 Å². The maximum atomic E-state index is 2.44. The van der Waals surface area contributed by atoms with Gasteiger partial charge >= 0.3 is 0 Å². The zero-order valence-corrected chi connectivity index (χ0v) is 6.51. The lowest BCUT2D eigenvalue weighted by molar-refractivity contribution is 0.439. The van der Waals surface area contributed by atoms with Crippen molar-refractivity contribution in [2.75, 3.05) is 0 Å². The molecule has 0 radical (unpaired) electrons. The lowest BCUT2D eigenvalue weighted by atomic mass is 9.85. The quantitative estimate of drug-likeness (QED) is 0.447. The second-order valence-electron chi connectivity index (χ2n) is 3.51. The second kappa shape index (κ2) is 2.26. The van der Waals surface area contributed by atoms with E-state index < -0.39 is 0 Å². The Morgan fingerprint density at radius 1 is 1.30 bits per heavy atom. The summed E-state index contributed by atoms with van der Waals surface area (Å²) in [5.74, 6) is 1.82. The van der Waals surface area contributed by atoms with Crippen LogP contribution in [-0.2, 0) is 0 Å². The first kappa shape index (κ1) is 6.21. The average molecular weight is 134 g/mol. The molecular weight excluding hydrogens is 120 g/mol. The molecule has 10 heavy (non-hydrogen) atoms. The van der Waals surface area contributed by atoms with E-state index in [1.807, 2.05) is 0 Å². The van der Waals surface area contributed by atoms with Gasteiger partial charge in [0.15, 0.2) is 0 Å². The van der Waals surface area contributed by atoms with Crippen LogP contribution in [0.3, 0.4) is 0 Å². The molecule has 0 nitrogen and oxygen atoms in total. The highest BCUT2D eigenvalue weighted by Crippen LogP contribution is 2.38. The van der Waals surface area contributed by atoms with Gasteiger partial charge in [0.2, 0.25) is 0 Å². The minimum Gasteiger partial charge on any atom is -0.0876 e. The van der Waals surface area contributed by atoms with Crippen LogP contribution in [0.15, 0.2) is 23.8 Å². The first-order chi connectivity index (χ1) is 4.88. The number of hydrogen-bond donors (Lipinski definition) is 0. The summed E-state index contributed by atoms with van der Waals surface area (Å²) in [7, 11) is 0. The molecule has 0 saturated carbocycles. The van der Waals surface area contributed by atoms with Gasteiger partial charge in [-0.05, 0) is 31.1 Å². The van der Waals surface area contributed by atoms with Crippen molar-refractivity contribution < 1.29 is 0 Å². The molecular formula is C10H14. The van der Waals surface area contributed by atoms with Gasteiger partial charge in [0.1, 0.15) is 0 Å². The summed E-state index contributed by atoms with van der Waals surface area (Å²) >= 11 is 0. The van der Waals surface area contributed by atoms with E-state index in [2.05, 4.69) is 25.2 Å². The van der Waals surface area contributed by atoms with Crippen molar-refractivity contribution in [3.8, 4) is 0 Å². The van der Waals surface area contributed by atoms with Crippen LogP contribution in [0.5, 0.6) is 0 Å². The fraction of sp³-hybridized carbons (Fsp3) is 0.600. The maximum absolute atomic E-state index is 2.44. The van der Waals surface area contributed by atoms with Crippen molar-refractivity contribution >= 4 is 0 Å². The molecule has 0 amide bonds. The monoisotopic (exact) mass is 134 g/mol. The Kier molecular flexibility index (Phi) is 1.40. The molecule has 0 bridgehead atoms. The lowest BCUT2D eigenvalue weighted by Gasteiger charge is -2.20. The standard InChI is InChI=1S/C10H14/c1-8-6-7-9-4-2-3-5-10(8)9/h2-3,7-8,10H,4-6H2,1H3. The third kappa shape index (κ3) is 0.828. The fourth-order valence-electron chi connectivity index (χ4n) is 2.10. The third-order valence-corrected chi connectivity index (χ3v) is 2.83. The highest BCUT2D eigenvalue weighted by Gasteiger charge is 2.25. The average Bonchev–Trinajstić information content (AvgIpc) is 2.34. The van der Waals surface area contributed by atoms with Crippen LogP contribution in [0.1, 0.15) is 26.2 Å². The molecule has 2 rings (SSSR count). The third-order valence-electron chi connectivity index (χ3n) is 2.83. The smallest absolute Gasteiger partial charge is 0.0136 e. The summed E-state index contributed by atoms with van der Waals surface area (Å²) in [4.78, 5) is 0. The normalized spacial score (nSPS) is 37.5. The highest BCUT2D eigenvalue weighted by atomic mass is 14.3. The van der Waals surface area contributed by atoms with Crippen LogP contribution in [0.4, 0.5) is 0 Å². The first-order valence-corrected chi connectivity index (χ1v) is 4.22. The zero-order chi connectivity index (χ0) is 6.97. The molecule has 2 unspecified atom stereocenters. The Hall–Kier alpha value is -0.520. The number of fused-ring (bicyclic) bond motifs is 1. The minimum absolute atomic E-state index is 0.907. The molecule has 2 aliphatic rings. The van der Waals surface area contributed by atoms with Crippen molar-refractivity contribution in [2.45, 2.75) is 26.2 Å². The minimum atomic E-state index is 0.907. The lowest BCUT2D eigenvalue weighted by Crippen LogP contribution is -2.09. The van der Waals surface area contributed by atoms with E-state index in [9.17, 15) is 0 Å². The molecule has 2 aliphatic carbocycles. The van der Waals surface area contributed by atoms with E-state index in [0.717, 1.165) is 11.8 Å². The largest absolute Gasteiger partial charge is 0.0876 e. The van der Waals surface area contributed by atoms with Crippen molar-refractivity contribution in [3.05, 3.63) is 23.8 Å². The fourth-order valence-corrected chi connectivity index (χ4v) is 2.10. The van der Waals surface area contributed by atoms with Gasteiger partial charge in [0, 0.05) is 0 Å². The molecule has 0 spiro atoms. The van der Waals surface area contributed by atoms with Crippen molar-refractivity contribution in [2.24, 2.45) is 11.8 Å². The van der Waals surface area contributed by atoms with Crippen LogP contribution in [0.25, 0.3) is 0 Å². The van der Waals surface area contributed by atoms with Crippen molar-refractivity contribution in [1.29, 1.82) is 0 Å². The van der Waals surface area contributed by atoms with Gasteiger partial charge in [-0.1, -0.05) is 30.7 Å². The predicted molar refractivity (Wildman–Crippen MR) is 43.7 cm³/mol. The Balaban J connectivity index is 2.20. The Morgan fingerprint density at radius 3 is 3.00 bits per heavy atom. The highest BCUT2D eigenvalue weighted by molar-refractivity contribution is 5.22. The SMILES string of the molecule is CC1CC=C2CC=CCC21. The summed E-state index contributed by atoms with van der Waals surface area (Å²) in [6.07, 6.45) is 10.9. The zero-order valence-electron chi connectivity index (χ0n) is 6.51. The molecule has 0 saturated heterocycles. The van der Waals surface area contributed by atoms with Gasteiger partial charge in [0.25, 0.3) is 0 Å². The molecule has 0 aromatic heterocycles. The predicted octanol–water partition coefficient (Wildman–Crippen LogP) is 2.92. The number of allylic oxidation sites excluding steroid dienone is 4. The van der Waals surface area contributed by atoms with Crippen LogP contribution in [0.2, 0.25) is 0 Å². The van der Waals surface area contributed by atoms with Gasteiger partial charge in [-0.15, -0.1) is 0 Å². The van der Waals surface area contributed by atoms with Gasteiger partial charge < -0.3 is 0 Å². The van der Waals surface area contributed by atoms with Crippen LogP contribution in [-0.4, -0.2) is 0 Å². The summed E-state index contributed by atoms with van der Waals surface area (Å²) in [5.41, 5.74) is 1.70.